The molecule has 0 fully saturated rings. The number of carboxylic acids is 1. The summed E-state index contributed by atoms with van der Waals surface area (Å²) >= 11 is 0. The lowest BCUT2D eigenvalue weighted by molar-refractivity contribution is 0.0692. The lowest BCUT2D eigenvalue weighted by Crippen LogP contribution is -2.00. The van der Waals surface area contributed by atoms with Crippen LogP contribution in [0.3, 0.4) is 0 Å². The molecule has 0 aliphatic rings. The van der Waals surface area contributed by atoms with Crippen LogP contribution < -0.4 is 10.5 Å². The molecule has 0 unspecified atom stereocenters. The molecule has 0 aliphatic heterocycles. The van der Waals surface area contributed by atoms with Gasteiger partial charge in [-0.3, -0.25) is 0 Å². The van der Waals surface area contributed by atoms with Crippen molar-refractivity contribution in [1.29, 1.82) is 0 Å². The maximum atomic E-state index is 11.2. The molecule has 1 aromatic carbocycles. The van der Waals surface area contributed by atoms with E-state index >= 15 is 0 Å². The highest BCUT2D eigenvalue weighted by molar-refractivity contribution is 5.93. The molecule has 1 heterocycles. The first-order valence-corrected chi connectivity index (χ1v) is 6.21. The highest BCUT2D eigenvalue weighted by atomic mass is 16.5. The molecule has 106 valence electrons. The summed E-state index contributed by atoms with van der Waals surface area (Å²) < 4.78 is 5.31. The van der Waals surface area contributed by atoms with E-state index in [0.717, 1.165) is 11.3 Å². The van der Waals surface area contributed by atoms with E-state index in [2.05, 4.69) is 9.97 Å². The molecule has 6 heteroatoms. The number of ether oxygens (including phenoxy) is 1. The minimum absolute atomic E-state index is 0.0117. The zero-order valence-electron chi connectivity index (χ0n) is 11.6. The molecule has 0 bridgehead atoms. The number of anilines is 1. The molecule has 2 rings (SSSR count). The van der Waals surface area contributed by atoms with Gasteiger partial charge < -0.3 is 20.6 Å². The van der Waals surface area contributed by atoms with Crippen LogP contribution in [-0.2, 0) is 0 Å². The van der Waals surface area contributed by atoms with E-state index in [9.17, 15) is 4.79 Å². The number of carboxylic acid groups (broad SMARTS) is 1. The fourth-order valence-electron chi connectivity index (χ4n) is 2.09. The number of carbonyl (C=O) groups is 1. The van der Waals surface area contributed by atoms with Gasteiger partial charge in [-0.1, -0.05) is 13.8 Å². The Balaban J connectivity index is 2.59. The van der Waals surface area contributed by atoms with Crippen molar-refractivity contribution >= 4 is 11.9 Å². The Hall–Kier alpha value is -2.50. The van der Waals surface area contributed by atoms with E-state index in [1.807, 2.05) is 19.9 Å². The Labute approximate surface area is 116 Å². The molecule has 2 aromatic rings. The third-order valence-electron chi connectivity index (χ3n) is 3.06. The normalized spacial score (nSPS) is 10.8. The van der Waals surface area contributed by atoms with Gasteiger partial charge in [0.1, 0.15) is 11.4 Å². The minimum atomic E-state index is -1.09. The summed E-state index contributed by atoms with van der Waals surface area (Å²) in [5.74, 6) is 0.00373. The van der Waals surface area contributed by atoms with Gasteiger partial charge in [0.2, 0.25) is 0 Å². The SMILES string of the molecule is COc1ccc(-c2nc(N)[nH]c2C(=O)O)cc1C(C)C. The van der Waals surface area contributed by atoms with Crippen molar-refractivity contribution in [1.82, 2.24) is 9.97 Å². The Morgan fingerprint density at radius 1 is 1.45 bits per heavy atom. The first kappa shape index (κ1) is 13.9. The highest BCUT2D eigenvalue weighted by Crippen LogP contribution is 2.32. The van der Waals surface area contributed by atoms with Gasteiger partial charge in [-0.25, -0.2) is 9.78 Å². The average molecular weight is 275 g/mol. The fraction of sp³-hybridized carbons (Fsp3) is 0.286. The van der Waals surface area contributed by atoms with E-state index in [0.29, 0.717) is 11.3 Å². The first-order chi connectivity index (χ1) is 9.43. The van der Waals surface area contributed by atoms with Crippen molar-refractivity contribution in [2.24, 2.45) is 0 Å². The van der Waals surface area contributed by atoms with Crippen molar-refractivity contribution < 1.29 is 14.6 Å². The van der Waals surface area contributed by atoms with E-state index in [1.165, 1.54) is 0 Å². The summed E-state index contributed by atoms with van der Waals surface area (Å²) in [5.41, 5.74) is 7.56. The average Bonchev–Trinajstić information content (AvgIpc) is 2.80. The van der Waals surface area contributed by atoms with Gasteiger partial charge in [-0.15, -0.1) is 0 Å². The number of aromatic amines is 1. The van der Waals surface area contributed by atoms with Crippen LogP contribution in [0.5, 0.6) is 5.75 Å². The van der Waals surface area contributed by atoms with Gasteiger partial charge in [0.25, 0.3) is 0 Å². The molecule has 0 radical (unpaired) electrons. The number of nitrogens with two attached hydrogens (primary N) is 1. The van der Waals surface area contributed by atoms with Gasteiger partial charge in [0.05, 0.1) is 7.11 Å². The molecule has 0 amide bonds. The number of methoxy groups -OCH3 is 1. The van der Waals surface area contributed by atoms with Crippen LogP contribution in [0, 0.1) is 0 Å². The lowest BCUT2D eigenvalue weighted by atomic mass is 9.98. The maximum Gasteiger partial charge on any atom is 0.354 e. The Bertz CT molecular complexity index is 647. The smallest absolute Gasteiger partial charge is 0.354 e. The molecule has 20 heavy (non-hydrogen) atoms. The molecule has 1 aromatic heterocycles. The fourth-order valence-corrected chi connectivity index (χ4v) is 2.09. The van der Waals surface area contributed by atoms with E-state index < -0.39 is 5.97 Å². The van der Waals surface area contributed by atoms with Crippen LogP contribution >= 0.6 is 0 Å². The number of rotatable bonds is 4. The maximum absolute atomic E-state index is 11.2. The molecule has 0 atom stereocenters. The van der Waals surface area contributed by atoms with Gasteiger partial charge in [-0.2, -0.15) is 0 Å². The number of nitrogens with one attached hydrogen (secondary N) is 1. The number of nitrogen functional groups attached to an aromatic ring is 1. The van der Waals surface area contributed by atoms with Crippen molar-refractivity contribution in [3.05, 3.63) is 29.5 Å². The molecule has 4 N–H and O–H groups in total. The van der Waals surface area contributed by atoms with Crippen LogP contribution in [0.25, 0.3) is 11.3 Å². The minimum Gasteiger partial charge on any atom is -0.496 e. The van der Waals surface area contributed by atoms with Gasteiger partial charge in [0, 0.05) is 5.56 Å². The Morgan fingerprint density at radius 2 is 2.15 bits per heavy atom. The predicted molar refractivity (Wildman–Crippen MR) is 76.0 cm³/mol. The number of H-pyrrole nitrogens is 1. The summed E-state index contributed by atoms with van der Waals surface area (Å²) in [6.07, 6.45) is 0. The number of hydrogen-bond donors (Lipinski definition) is 3. The van der Waals surface area contributed by atoms with Gasteiger partial charge in [0.15, 0.2) is 11.6 Å². The highest BCUT2D eigenvalue weighted by Gasteiger charge is 2.18. The molecular weight excluding hydrogens is 258 g/mol. The summed E-state index contributed by atoms with van der Waals surface area (Å²) in [6.45, 7) is 4.08. The monoisotopic (exact) mass is 275 g/mol. The number of imidazole rings is 1. The second-order valence-electron chi connectivity index (χ2n) is 4.76. The number of nitrogens with zero attached hydrogens (tertiary/aromatic N) is 1. The molecule has 0 spiro atoms. The molecule has 6 nitrogen and oxygen atoms in total. The summed E-state index contributed by atoms with van der Waals surface area (Å²) in [5, 5.41) is 9.17. The third-order valence-corrected chi connectivity index (χ3v) is 3.06. The number of aromatic carboxylic acids is 1. The zero-order valence-corrected chi connectivity index (χ0v) is 11.6. The Morgan fingerprint density at radius 3 is 2.70 bits per heavy atom. The molecule has 0 saturated heterocycles. The Kier molecular flexibility index (Phi) is 3.65. The third kappa shape index (κ3) is 2.45. The molecule has 0 aliphatic carbocycles. The predicted octanol–water partition coefficient (Wildman–Crippen LogP) is 2.49. The molecular formula is C14H17N3O3. The largest absolute Gasteiger partial charge is 0.496 e. The zero-order chi connectivity index (χ0) is 14.9. The van der Waals surface area contributed by atoms with Crippen LogP contribution in [0.15, 0.2) is 18.2 Å². The topological polar surface area (TPSA) is 101 Å². The summed E-state index contributed by atoms with van der Waals surface area (Å²) in [6, 6.07) is 5.46. The van der Waals surface area contributed by atoms with Crippen molar-refractivity contribution in [3.8, 4) is 17.0 Å². The number of benzene rings is 1. The van der Waals surface area contributed by atoms with Crippen molar-refractivity contribution in [3.63, 3.8) is 0 Å². The van der Waals surface area contributed by atoms with Crippen LogP contribution in [0.2, 0.25) is 0 Å². The van der Waals surface area contributed by atoms with E-state index in [-0.39, 0.29) is 17.6 Å². The number of aromatic nitrogens is 2. The standard InChI is InChI=1S/C14H17N3O3/c1-7(2)9-6-8(4-5-10(9)20-3)11-12(13(18)19)17-14(15)16-11/h4-7H,1-3H3,(H,18,19)(H3,15,16,17). The van der Waals surface area contributed by atoms with Gasteiger partial charge in [-0.05, 0) is 29.7 Å². The number of hydrogen-bond acceptors (Lipinski definition) is 4. The summed E-state index contributed by atoms with van der Waals surface area (Å²) in [4.78, 5) is 17.8. The summed E-state index contributed by atoms with van der Waals surface area (Å²) in [7, 11) is 1.61. The lowest BCUT2D eigenvalue weighted by Gasteiger charge is -2.13. The van der Waals surface area contributed by atoms with Gasteiger partial charge >= 0.3 is 5.97 Å². The quantitative estimate of drug-likeness (QED) is 0.795. The van der Waals surface area contributed by atoms with E-state index in [4.69, 9.17) is 15.6 Å². The van der Waals surface area contributed by atoms with Crippen LogP contribution in [-0.4, -0.2) is 28.2 Å². The first-order valence-electron chi connectivity index (χ1n) is 6.21. The van der Waals surface area contributed by atoms with E-state index in [1.54, 1.807) is 19.2 Å². The van der Waals surface area contributed by atoms with Crippen LogP contribution in [0.4, 0.5) is 5.95 Å². The molecule has 0 saturated carbocycles. The van der Waals surface area contributed by atoms with Crippen LogP contribution in [0.1, 0.15) is 35.8 Å². The van der Waals surface area contributed by atoms with Crippen molar-refractivity contribution in [2.45, 2.75) is 19.8 Å². The van der Waals surface area contributed by atoms with Crippen molar-refractivity contribution in [2.75, 3.05) is 12.8 Å². The second-order valence-corrected chi connectivity index (χ2v) is 4.76. The second kappa shape index (κ2) is 5.24.